The smallest absolute Gasteiger partial charge is 0.269 e. The zero-order valence-electron chi connectivity index (χ0n) is 10.4. The molecule has 0 bridgehead atoms. The molecule has 0 aliphatic heterocycles. The van der Waals surface area contributed by atoms with Crippen molar-refractivity contribution in [2.45, 2.75) is 6.54 Å². The van der Waals surface area contributed by atoms with E-state index in [1.807, 2.05) is 0 Å². The number of benzene rings is 2. The summed E-state index contributed by atoms with van der Waals surface area (Å²) in [7, 11) is 0. The van der Waals surface area contributed by atoms with Crippen LogP contribution in [0.15, 0.2) is 47.5 Å². The number of nitro groups is 1. The molecule has 102 valence electrons. The van der Waals surface area contributed by atoms with Gasteiger partial charge >= 0.3 is 0 Å². The molecule has 20 heavy (non-hydrogen) atoms. The second-order valence-corrected chi connectivity index (χ2v) is 4.08. The minimum Gasteiger partial charge on any atom is -0.872 e. The van der Waals surface area contributed by atoms with Crippen molar-refractivity contribution in [3.8, 4) is 11.5 Å². The number of non-ortho nitro benzene ring substituents is 1. The predicted octanol–water partition coefficient (Wildman–Crippen LogP) is 1.99. The van der Waals surface area contributed by atoms with E-state index < -0.39 is 4.92 Å². The first-order valence-corrected chi connectivity index (χ1v) is 5.80. The highest BCUT2D eigenvalue weighted by Crippen LogP contribution is 2.21. The lowest BCUT2D eigenvalue weighted by Gasteiger charge is -2.10. The number of para-hydroxylation sites is 1. The van der Waals surface area contributed by atoms with E-state index in [1.54, 1.807) is 18.2 Å². The third kappa shape index (κ3) is 3.11. The second kappa shape index (κ2) is 5.83. The van der Waals surface area contributed by atoms with E-state index in [9.17, 15) is 20.3 Å². The van der Waals surface area contributed by atoms with Crippen LogP contribution in [0.25, 0.3) is 0 Å². The van der Waals surface area contributed by atoms with Gasteiger partial charge in [0.1, 0.15) is 5.75 Å². The maximum absolute atomic E-state index is 11.6. The summed E-state index contributed by atoms with van der Waals surface area (Å²) in [6.07, 6.45) is 1.42. The van der Waals surface area contributed by atoms with Crippen LogP contribution in [0.3, 0.4) is 0 Å². The van der Waals surface area contributed by atoms with Crippen LogP contribution in [0.1, 0.15) is 11.1 Å². The monoisotopic (exact) mass is 271 g/mol. The zero-order chi connectivity index (χ0) is 14.5. The molecule has 6 nitrogen and oxygen atoms in total. The standard InChI is InChI=1S/C14H12N2O4/c17-13-4-2-1-3-10(13)8-15-9-11-7-12(16(19)20)5-6-14(11)18/h1-8,17-18H,9H2/p-1. The summed E-state index contributed by atoms with van der Waals surface area (Å²) in [5.74, 6) is -0.220. The van der Waals surface area contributed by atoms with Crippen molar-refractivity contribution in [1.29, 1.82) is 0 Å². The molecule has 0 unspecified atom stereocenters. The van der Waals surface area contributed by atoms with Gasteiger partial charge in [-0.3, -0.25) is 15.1 Å². The molecule has 2 aromatic carbocycles. The molecule has 0 heterocycles. The molecule has 0 aliphatic carbocycles. The molecule has 0 saturated heterocycles. The summed E-state index contributed by atoms with van der Waals surface area (Å²) in [5.41, 5.74) is 0.619. The lowest BCUT2D eigenvalue weighted by Crippen LogP contribution is -1.98. The first-order chi connectivity index (χ1) is 9.58. The van der Waals surface area contributed by atoms with Gasteiger partial charge in [0, 0.05) is 23.9 Å². The van der Waals surface area contributed by atoms with Gasteiger partial charge in [-0.1, -0.05) is 18.2 Å². The quantitative estimate of drug-likeness (QED) is 0.522. The number of hydrogen-bond donors (Lipinski definition) is 1. The largest absolute Gasteiger partial charge is 0.872 e. The van der Waals surface area contributed by atoms with Gasteiger partial charge in [-0.2, -0.15) is 0 Å². The summed E-state index contributed by atoms with van der Waals surface area (Å²) in [4.78, 5) is 14.1. The van der Waals surface area contributed by atoms with Gasteiger partial charge in [-0.25, -0.2) is 0 Å². The Labute approximate surface area is 114 Å². The second-order valence-electron chi connectivity index (χ2n) is 4.08. The number of aliphatic imine (C=N–C) groups is 1. The number of phenolic OH excluding ortho intramolecular Hbond substituents is 1. The molecule has 2 aromatic rings. The van der Waals surface area contributed by atoms with Crippen LogP contribution in [0.4, 0.5) is 5.69 Å². The predicted molar refractivity (Wildman–Crippen MR) is 71.9 cm³/mol. The van der Waals surface area contributed by atoms with Gasteiger partial charge in [-0.15, -0.1) is 5.75 Å². The zero-order valence-corrected chi connectivity index (χ0v) is 10.4. The number of rotatable bonds is 4. The molecule has 2 rings (SSSR count). The fourth-order valence-corrected chi connectivity index (χ4v) is 1.64. The minimum atomic E-state index is -0.560. The average molecular weight is 271 g/mol. The summed E-state index contributed by atoms with van der Waals surface area (Å²) < 4.78 is 0. The van der Waals surface area contributed by atoms with E-state index >= 15 is 0 Å². The SMILES string of the molecule is O=[N+]([O-])c1ccc([O-])c(CN=Cc2ccccc2O)c1. The Kier molecular flexibility index (Phi) is 3.95. The van der Waals surface area contributed by atoms with Crippen LogP contribution in [0, 0.1) is 10.1 Å². The van der Waals surface area contributed by atoms with Crippen LogP contribution in [0.2, 0.25) is 0 Å². The molecule has 0 saturated carbocycles. The molecule has 0 spiro atoms. The molecule has 0 aliphatic rings. The highest BCUT2D eigenvalue weighted by Gasteiger charge is 2.06. The van der Waals surface area contributed by atoms with Crippen molar-refractivity contribution in [1.82, 2.24) is 0 Å². The van der Waals surface area contributed by atoms with Gasteiger partial charge in [0.25, 0.3) is 5.69 Å². The fraction of sp³-hybridized carbons (Fsp3) is 0.0714. The first kappa shape index (κ1) is 13.5. The van der Waals surface area contributed by atoms with Crippen molar-refractivity contribution in [2.24, 2.45) is 4.99 Å². The molecule has 0 aromatic heterocycles. The molecule has 6 heteroatoms. The Morgan fingerprint density at radius 1 is 1.25 bits per heavy atom. The van der Waals surface area contributed by atoms with Gasteiger partial charge in [0.15, 0.2) is 0 Å². The van der Waals surface area contributed by atoms with Gasteiger partial charge < -0.3 is 10.2 Å². The van der Waals surface area contributed by atoms with Crippen LogP contribution < -0.4 is 5.11 Å². The van der Waals surface area contributed by atoms with Crippen molar-refractivity contribution < 1.29 is 15.1 Å². The Bertz CT molecular complexity index is 668. The van der Waals surface area contributed by atoms with Crippen molar-refractivity contribution in [2.75, 3.05) is 0 Å². The van der Waals surface area contributed by atoms with Gasteiger partial charge in [-0.05, 0) is 17.7 Å². The van der Waals surface area contributed by atoms with Gasteiger partial charge in [0.05, 0.1) is 11.5 Å². The van der Waals surface area contributed by atoms with Crippen molar-refractivity contribution in [3.05, 3.63) is 63.7 Å². The summed E-state index contributed by atoms with van der Waals surface area (Å²) in [6, 6.07) is 10.2. The summed E-state index contributed by atoms with van der Waals surface area (Å²) in [6.45, 7) is 0.0227. The Balaban J connectivity index is 2.17. The average Bonchev–Trinajstić information content (AvgIpc) is 2.42. The summed E-state index contributed by atoms with van der Waals surface area (Å²) >= 11 is 0. The Morgan fingerprint density at radius 2 is 2.00 bits per heavy atom. The third-order valence-electron chi connectivity index (χ3n) is 2.68. The van der Waals surface area contributed by atoms with E-state index in [-0.39, 0.29) is 29.3 Å². The molecule has 0 fully saturated rings. The Hall–Kier alpha value is -2.89. The third-order valence-corrected chi connectivity index (χ3v) is 2.68. The molecule has 0 amide bonds. The Morgan fingerprint density at radius 3 is 2.70 bits per heavy atom. The van der Waals surface area contributed by atoms with Crippen molar-refractivity contribution in [3.63, 3.8) is 0 Å². The molecule has 1 N–H and O–H groups in total. The maximum Gasteiger partial charge on any atom is 0.269 e. The van der Waals surface area contributed by atoms with E-state index in [0.29, 0.717) is 5.56 Å². The van der Waals surface area contributed by atoms with Gasteiger partial charge in [0.2, 0.25) is 0 Å². The topological polar surface area (TPSA) is 98.8 Å². The highest BCUT2D eigenvalue weighted by molar-refractivity contribution is 5.83. The number of nitro benzene ring substituents is 1. The van der Waals surface area contributed by atoms with E-state index in [4.69, 9.17) is 0 Å². The number of aromatic hydroxyl groups is 1. The normalized spacial score (nSPS) is 10.8. The van der Waals surface area contributed by atoms with E-state index in [2.05, 4.69) is 4.99 Å². The van der Waals surface area contributed by atoms with Crippen molar-refractivity contribution >= 4 is 11.9 Å². The summed E-state index contributed by atoms with van der Waals surface area (Å²) in [5, 5.41) is 31.7. The lowest BCUT2D eigenvalue weighted by atomic mass is 10.1. The maximum atomic E-state index is 11.6. The molecule has 0 radical (unpaired) electrons. The molecule has 0 atom stereocenters. The molecular weight excluding hydrogens is 260 g/mol. The van der Waals surface area contributed by atoms with E-state index in [0.717, 1.165) is 6.07 Å². The molecular formula is C14H11N2O4-. The number of phenols is 1. The van der Waals surface area contributed by atoms with Crippen LogP contribution in [0.5, 0.6) is 11.5 Å². The lowest BCUT2D eigenvalue weighted by molar-refractivity contribution is -0.385. The van der Waals surface area contributed by atoms with Crippen LogP contribution in [-0.2, 0) is 6.54 Å². The number of hydrogen-bond acceptors (Lipinski definition) is 5. The minimum absolute atomic E-state index is 0.0227. The highest BCUT2D eigenvalue weighted by atomic mass is 16.6. The van der Waals surface area contributed by atoms with E-state index in [1.165, 1.54) is 24.4 Å². The number of nitrogens with zero attached hydrogens (tertiary/aromatic N) is 2. The van der Waals surface area contributed by atoms with Crippen LogP contribution in [-0.4, -0.2) is 16.2 Å². The fourth-order valence-electron chi connectivity index (χ4n) is 1.64. The van der Waals surface area contributed by atoms with Crippen LogP contribution >= 0.6 is 0 Å². The first-order valence-electron chi connectivity index (χ1n) is 5.80.